The van der Waals surface area contributed by atoms with Gasteiger partial charge < -0.3 is 14.4 Å². The van der Waals surface area contributed by atoms with E-state index in [9.17, 15) is 9.59 Å². The van der Waals surface area contributed by atoms with Crippen molar-refractivity contribution in [3.8, 4) is 0 Å². The van der Waals surface area contributed by atoms with Crippen LogP contribution in [-0.2, 0) is 19.1 Å². The molecule has 3 rings (SSSR count). The zero-order valence-electron chi connectivity index (χ0n) is 16.9. The maximum Gasteiger partial charge on any atom is 0.338 e. The molecule has 2 aliphatic heterocycles. The Kier molecular flexibility index (Phi) is 6.15. The summed E-state index contributed by atoms with van der Waals surface area (Å²) < 4.78 is 11.1. The lowest BCUT2D eigenvalue weighted by Gasteiger charge is -2.32. The molecule has 5 nitrogen and oxygen atoms in total. The zero-order valence-corrected chi connectivity index (χ0v) is 17.7. The second-order valence-corrected chi connectivity index (χ2v) is 8.80. The lowest BCUT2D eigenvalue weighted by molar-refractivity contribution is -0.163. The van der Waals surface area contributed by atoms with E-state index >= 15 is 0 Å². The van der Waals surface area contributed by atoms with E-state index in [-0.39, 0.29) is 11.8 Å². The number of hydrogen-bond acceptors (Lipinski definition) is 4. The van der Waals surface area contributed by atoms with E-state index in [1.807, 2.05) is 43.0 Å². The first-order valence-corrected chi connectivity index (χ1v) is 10.2. The molecule has 0 saturated carbocycles. The summed E-state index contributed by atoms with van der Waals surface area (Å²) in [4.78, 5) is 27.4. The first-order chi connectivity index (χ1) is 13.2. The van der Waals surface area contributed by atoms with Gasteiger partial charge in [-0.25, -0.2) is 4.79 Å². The fourth-order valence-corrected chi connectivity index (χ4v) is 3.94. The van der Waals surface area contributed by atoms with Crippen LogP contribution < -0.4 is 0 Å². The van der Waals surface area contributed by atoms with Crippen LogP contribution in [0.15, 0.2) is 30.3 Å². The molecule has 0 N–H and O–H groups in total. The molecular formula is C22H28ClNO4. The molecule has 1 amide bonds. The van der Waals surface area contributed by atoms with Crippen molar-refractivity contribution >= 4 is 29.1 Å². The maximum absolute atomic E-state index is 13.3. The highest BCUT2D eigenvalue weighted by Gasteiger charge is 2.48. The number of esters is 1. The molecule has 1 fully saturated rings. The van der Waals surface area contributed by atoms with Crippen LogP contribution in [0.5, 0.6) is 0 Å². The average Bonchev–Trinajstić information content (AvgIpc) is 2.92. The molecule has 152 valence electrons. The van der Waals surface area contributed by atoms with Crippen LogP contribution in [0.3, 0.4) is 0 Å². The minimum absolute atomic E-state index is 0.0419. The van der Waals surface area contributed by atoms with Crippen LogP contribution in [0.4, 0.5) is 0 Å². The lowest BCUT2D eigenvalue weighted by Crippen LogP contribution is -2.45. The van der Waals surface area contributed by atoms with Gasteiger partial charge in [-0.3, -0.25) is 4.79 Å². The Bertz CT molecular complexity index is 769. The third-order valence-corrected chi connectivity index (χ3v) is 5.39. The topological polar surface area (TPSA) is 55.8 Å². The Morgan fingerprint density at radius 1 is 1.29 bits per heavy atom. The molecule has 2 atom stereocenters. The van der Waals surface area contributed by atoms with Gasteiger partial charge in [-0.2, -0.15) is 0 Å². The van der Waals surface area contributed by atoms with E-state index in [2.05, 4.69) is 6.08 Å². The number of carbonyl (C=O) groups is 2. The quantitative estimate of drug-likeness (QED) is 0.685. The number of hydrogen-bond donors (Lipinski definition) is 0. The first-order valence-electron chi connectivity index (χ1n) is 9.81. The fraction of sp³-hybridized carbons (Fsp3) is 0.545. The Hall–Kier alpha value is -1.85. The molecular weight excluding hydrogens is 378 g/mol. The molecule has 1 aromatic carbocycles. The van der Waals surface area contributed by atoms with Gasteiger partial charge in [0.2, 0.25) is 11.7 Å². The fourth-order valence-electron chi connectivity index (χ4n) is 3.82. The second kappa shape index (κ2) is 8.26. The minimum atomic E-state index is -0.985. The molecule has 2 aliphatic rings. The third-order valence-electron chi connectivity index (χ3n) is 5.13. The van der Waals surface area contributed by atoms with Crippen LogP contribution in [0.25, 0.3) is 5.57 Å². The van der Waals surface area contributed by atoms with Crippen molar-refractivity contribution in [3.05, 3.63) is 40.9 Å². The lowest BCUT2D eigenvalue weighted by atomic mass is 9.89. The van der Waals surface area contributed by atoms with Gasteiger partial charge in [0.1, 0.15) is 0 Å². The van der Waals surface area contributed by atoms with Crippen LogP contribution in [-0.4, -0.2) is 41.8 Å². The van der Waals surface area contributed by atoms with Gasteiger partial charge in [0.25, 0.3) is 0 Å². The van der Waals surface area contributed by atoms with Crippen molar-refractivity contribution in [2.45, 2.75) is 52.4 Å². The summed E-state index contributed by atoms with van der Waals surface area (Å²) >= 11 is 5.96. The first kappa shape index (κ1) is 20.9. The normalized spacial score (nSPS) is 22.8. The van der Waals surface area contributed by atoms with Crippen molar-refractivity contribution in [2.75, 3.05) is 13.1 Å². The SMILES string of the molecule is CC(C)C[C@H](C(=O)N1CC=C(c2ccc(Cl)cc2)CC1)[C@@H]1OC(C)(C)OC1=O. The number of rotatable bonds is 5. The van der Waals surface area contributed by atoms with Crippen molar-refractivity contribution in [3.63, 3.8) is 0 Å². The van der Waals surface area contributed by atoms with E-state index in [1.54, 1.807) is 13.8 Å². The maximum atomic E-state index is 13.3. The zero-order chi connectivity index (χ0) is 20.5. The van der Waals surface area contributed by atoms with Crippen LogP contribution in [0, 0.1) is 11.8 Å². The summed E-state index contributed by atoms with van der Waals surface area (Å²) in [7, 11) is 0. The Labute approximate surface area is 171 Å². The largest absolute Gasteiger partial charge is 0.432 e. The van der Waals surface area contributed by atoms with Gasteiger partial charge in [0.05, 0.1) is 5.92 Å². The van der Waals surface area contributed by atoms with Crippen molar-refractivity contribution < 1.29 is 19.1 Å². The summed E-state index contributed by atoms with van der Waals surface area (Å²) in [5.41, 5.74) is 2.33. The molecule has 0 unspecified atom stereocenters. The molecule has 1 saturated heterocycles. The number of carbonyl (C=O) groups excluding carboxylic acids is 2. The molecule has 6 heteroatoms. The molecule has 28 heavy (non-hydrogen) atoms. The van der Waals surface area contributed by atoms with Gasteiger partial charge in [-0.05, 0) is 42.0 Å². The van der Waals surface area contributed by atoms with Crippen molar-refractivity contribution in [1.82, 2.24) is 4.90 Å². The highest BCUT2D eigenvalue weighted by Crippen LogP contribution is 2.33. The molecule has 2 heterocycles. The number of benzene rings is 1. The number of cyclic esters (lactones) is 1. The van der Waals surface area contributed by atoms with Crippen molar-refractivity contribution in [2.24, 2.45) is 11.8 Å². The number of halogens is 1. The number of nitrogens with zero attached hydrogens (tertiary/aromatic N) is 1. The minimum Gasteiger partial charge on any atom is -0.432 e. The highest BCUT2D eigenvalue weighted by molar-refractivity contribution is 6.30. The number of amides is 1. The molecule has 0 aliphatic carbocycles. The van der Waals surface area contributed by atoms with E-state index in [0.717, 1.165) is 12.0 Å². The van der Waals surface area contributed by atoms with Gasteiger partial charge >= 0.3 is 5.97 Å². The molecule has 0 bridgehead atoms. The smallest absolute Gasteiger partial charge is 0.338 e. The van der Waals surface area contributed by atoms with Crippen LogP contribution in [0.1, 0.15) is 46.1 Å². The Morgan fingerprint density at radius 2 is 1.96 bits per heavy atom. The predicted molar refractivity (Wildman–Crippen MR) is 109 cm³/mol. The standard InChI is InChI=1S/C22H28ClNO4/c1-14(2)13-18(19-21(26)28-22(3,4)27-19)20(25)24-11-9-16(10-12-24)15-5-7-17(23)8-6-15/h5-9,14,18-19H,10-13H2,1-4H3/t18-,19-/m0/s1. The second-order valence-electron chi connectivity index (χ2n) is 8.37. The summed E-state index contributed by atoms with van der Waals surface area (Å²) in [5, 5.41) is 0.708. The van der Waals surface area contributed by atoms with Crippen molar-refractivity contribution in [1.29, 1.82) is 0 Å². The molecule has 1 aromatic rings. The summed E-state index contributed by atoms with van der Waals surface area (Å²) in [5.74, 6) is -1.74. The average molecular weight is 406 g/mol. The van der Waals surface area contributed by atoms with Gasteiger partial charge in [0, 0.05) is 32.0 Å². The van der Waals surface area contributed by atoms with Gasteiger partial charge in [-0.1, -0.05) is 43.7 Å². The van der Waals surface area contributed by atoms with E-state index in [0.29, 0.717) is 24.5 Å². The molecule has 0 spiro atoms. The van der Waals surface area contributed by atoms with Crippen LogP contribution >= 0.6 is 11.6 Å². The summed E-state index contributed by atoms with van der Waals surface area (Å²) in [6, 6.07) is 7.74. The Morgan fingerprint density at radius 3 is 2.46 bits per heavy atom. The monoisotopic (exact) mass is 405 g/mol. The number of ether oxygens (including phenoxy) is 2. The molecule has 0 aromatic heterocycles. The third kappa shape index (κ3) is 4.76. The summed E-state index contributed by atoms with van der Waals surface area (Å²) in [6.45, 7) is 8.62. The van der Waals surface area contributed by atoms with E-state index in [4.69, 9.17) is 21.1 Å². The Balaban J connectivity index is 1.73. The summed E-state index contributed by atoms with van der Waals surface area (Å²) in [6.07, 6.45) is 2.59. The predicted octanol–water partition coefficient (Wildman–Crippen LogP) is 4.30. The highest BCUT2D eigenvalue weighted by atomic mass is 35.5. The molecule has 0 radical (unpaired) electrons. The van der Waals surface area contributed by atoms with Crippen LogP contribution in [0.2, 0.25) is 5.02 Å². The van der Waals surface area contributed by atoms with Gasteiger partial charge in [0.15, 0.2) is 6.10 Å². The van der Waals surface area contributed by atoms with E-state index in [1.165, 1.54) is 5.57 Å². The van der Waals surface area contributed by atoms with E-state index < -0.39 is 23.8 Å². The van der Waals surface area contributed by atoms with Gasteiger partial charge in [-0.15, -0.1) is 0 Å².